The monoisotopic (exact) mass is 1270 g/mol. The number of ether oxygens (including phenoxy) is 6. The molecular weight excluding hydrogens is 1150 g/mol. The fraction of sp³-hybridized carbons (Fsp3) is 0.912. The second kappa shape index (κ2) is 54.0. The van der Waals surface area contributed by atoms with E-state index in [4.69, 9.17) is 32.9 Å². The van der Waals surface area contributed by atoms with E-state index in [9.17, 15) is 48.8 Å². The number of amides is 2. The van der Waals surface area contributed by atoms with Crippen LogP contribution in [0.3, 0.4) is 0 Å². The van der Waals surface area contributed by atoms with Crippen LogP contribution in [0, 0.1) is 0 Å². The van der Waals surface area contributed by atoms with Gasteiger partial charge in [0.05, 0.1) is 31.8 Å². The molecule has 2 fully saturated rings. The minimum atomic E-state index is -5.27. The molecule has 0 aromatic carbocycles. The van der Waals surface area contributed by atoms with Gasteiger partial charge < -0.3 is 64.2 Å². The molecule has 2 aliphatic heterocycles. The largest absolute Gasteiger partial charge is 0.479 e. The molecule has 2 rings (SSSR count). The average molecular weight is 1280 g/mol. The van der Waals surface area contributed by atoms with Gasteiger partial charge in [0.25, 0.3) is 0 Å². The van der Waals surface area contributed by atoms with Crippen LogP contribution < -0.4 is 10.6 Å². The molecule has 0 saturated carbocycles. The quantitative estimate of drug-likeness (QED) is 0.00980. The van der Waals surface area contributed by atoms with Gasteiger partial charge in [-0.3, -0.25) is 18.9 Å². The highest BCUT2D eigenvalue weighted by molar-refractivity contribution is 7.46. The van der Waals surface area contributed by atoms with Gasteiger partial charge in [-0.15, -0.1) is 0 Å². The van der Waals surface area contributed by atoms with E-state index >= 15 is 0 Å². The molecule has 2 saturated heterocycles. The number of unbranched alkanes of at least 4 members (excludes halogenated alkanes) is 33. The van der Waals surface area contributed by atoms with E-state index in [-0.39, 0.29) is 31.5 Å². The average Bonchev–Trinajstić information content (AvgIpc) is 3.30. The summed E-state index contributed by atoms with van der Waals surface area (Å²) in [4.78, 5) is 72.3. The first-order valence-corrected chi connectivity index (χ1v) is 37.0. The molecule has 7 N–H and O–H groups in total. The number of aliphatic hydroxyl groups excluding tert-OH is 2. The number of carbonyl (C=O) groups excluding carboxylic acids is 3. The summed E-state index contributed by atoms with van der Waals surface area (Å²) < 4.78 is 55.3. The molecule has 0 radical (unpaired) electrons. The summed E-state index contributed by atoms with van der Waals surface area (Å²) in [7, 11) is -5.27. The lowest BCUT2D eigenvalue weighted by Crippen LogP contribution is -2.68. The Morgan fingerprint density at radius 1 is 0.545 bits per heavy atom. The zero-order valence-corrected chi connectivity index (χ0v) is 56.3. The molecule has 2 aliphatic rings. The van der Waals surface area contributed by atoms with Crippen molar-refractivity contribution >= 4 is 31.9 Å². The number of aliphatic carboxylic acids is 1. The summed E-state index contributed by atoms with van der Waals surface area (Å²) in [5, 5.41) is 38.6. The van der Waals surface area contributed by atoms with Crippen LogP contribution in [0.25, 0.3) is 0 Å². The normalized spacial score (nSPS) is 22.7. The van der Waals surface area contributed by atoms with Crippen LogP contribution in [0.15, 0.2) is 12.2 Å². The van der Waals surface area contributed by atoms with Crippen LogP contribution >= 0.6 is 7.82 Å². The third kappa shape index (κ3) is 39.2. The van der Waals surface area contributed by atoms with Gasteiger partial charge in [-0.2, -0.15) is 0 Å². The Morgan fingerprint density at radius 3 is 1.53 bits per heavy atom. The predicted octanol–water partition coefficient (Wildman–Crippen LogP) is 13.8. The van der Waals surface area contributed by atoms with E-state index in [0.717, 1.165) is 116 Å². The molecule has 0 aromatic heterocycles. The number of hydrogen-bond donors (Lipinski definition) is 7. The first-order valence-electron chi connectivity index (χ1n) is 35.4. The standard InChI is InChI=1S/C68H127N2O17P/c1-5-9-13-17-21-25-27-28-32-35-39-43-48-81-56(46-42-38-34-30-24-20-16-12-8-4)47-50-83-65-61(69-54-72)68(86-57(52-71)63(65)87-88(78,79)80)84-53-58-62(75)64(82-49-44-40-36-31-26-22-18-14-10-6-2)60(66(85-58)67(76)77)70-59(74)51-55(73)45-41-37-33-29-23-19-15-11-7-3/h25,27,54,56-58,60-66,68,71,75H,5-24,26,28-53H2,1-4H3,(H,69,72)(H,70,74)(H,76,77)(H2,78,79,80)/b27-25-/t56-,57-,58-,60-,61-,62-,63-,64-,65-,66+,68-/m1/s1. The second-order valence-electron chi connectivity index (χ2n) is 25.0. The van der Waals surface area contributed by atoms with E-state index < -0.39 is 100 Å². The van der Waals surface area contributed by atoms with Crippen LogP contribution in [-0.4, -0.2) is 149 Å². The van der Waals surface area contributed by atoms with Crippen LogP contribution in [0.1, 0.15) is 297 Å². The third-order valence-electron chi connectivity index (χ3n) is 17.2. The lowest BCUT2D eigenvalue weighted by molar-refractivity contribution is -0.289. The van der Waals surface area contributed by atoms with Crippen LogP contribution in [0.5, 0.6) is 0 Å². The number of carbonyl (C=O) groups is 4. The first-order chi connectivity index (χ1) is 42.7. The van der Waals surface area contributed by atoms with Gasteiger partial charge in [-0.1, -0.05) is 239 Å². The highest BCUT2D eigenvalue weighted by Gasteiger charge is 2.53. The number of carboxylic acids is 1. The Bertz CT molecular complexity index is 1790. The summed E-state index contributed by atoms with van der Waals surface area (Å²) in [5.74, 6) is -2.48. The van der Waals surface area contributed by atoms with E-state index in [1.807, 2.05) is 0 Å². The van der Waals surface area contributed by atoms with Crippen LogP contribution in [0.2, 0.25) is 0 Å². The van der Waals surface area contributed by atoms with Crippen molar-refractivity contribution in [3.63, 3.8) is 0 Å². The molecule has 2 heterocycles. The van der Waals surface area contributed by atoms with Crippen molar-refractivity contribution in [1.82, 2.24) is 10.6 Å². The van der Waals surface area contributed by atoms with Crippen LogP contribution in [-0.2, 0) is 56.7 Å². The SMILES string of the molecule is CCCCCC/C=C\CCCCCCO[C@H](CCCCCCCCCCC)CCO[C@@H]1[C@@H](NC=O)[C@H](OC[C@H]2O[C@H](C(=O)O)[C@H](NC(=O)CC(=O)CCCCCCCCCCC)[C@@H](OCCCCCCCCCCCC)[C@@H]2O)O[C@H](CO)[C@H]1OP(=O)(O)O. The van der Waals surface area contributed by atoms with E-state index in [2.05, 4.69) is 50.5 Å². The highest BCUT2D eigenvalue weighted by Crippen LogP contribution is 2.42. The van der Waals surface area contributed by atoms with E-state index in [1.165, 1.54) is 122 Å². The Morgan fingerprint density at radius 2 is 1.02 bits per heavy atom. The lowest BCUT2D eigenvalue weighted by Gasteiger charge is -2.46. The predicted molar refractivity (Wildman–Crippen MR) is 346 cm³/mol. The van der Waals surface area contributed by atoms with Crippen molar-refractivity contribution < 1.29 is 81.8 Å². The molecule has 20 heteroatoms. The Kier molecular flexibility index (Phi) is 50.2. The molecule has 0 aliphatic carbocycles. The molecule has 0 spiro atoms. The maximum absolute atomic E-state index is 13.6. The minimum absolute atomic E-state index is 0.00122. The zero-order chi connectivity index (χ0) is 64.3. The summed E-state index contributed by atoms with van der Waals surface area (Å²) in [6, 6.07) is -2.74. The van der Waals surface area contributed by atoms with Crippen LogP contribution in [0.4, 0.5) is 0 Å². The number of phosphoric acid groups is 1. The molecule has 0 bridgehead atoms. The van der Waals surface area contributed by atoms with Gasteiger partial charge in [-0.25, -0.2) is 9.36 Å². The topological polar surface area (TPSA) is 275 Å². The molecule has 19 nitrogen and oxygen atoms in total. The Hall–Kier alpha value is -2.39. The van der Waals surface area contributed by atoms with Crippen molar-refractivity contribution in [2.45, 2.75) is 365 Å². The van der Waals surface area contributed by atoms with Crippen molar-refractivity contribution in [3.05, 3.63) is 12.2 Å². The Labute approximate surface area is 532 Å². The fourth-order valence-electron chi connectivity index (χ4n) is 11.9. The van der Waals surface area contributed by atoms with E-state index in [0.29, 0.717) is 32.3 Å². The van der Waals surface area contributed by atoms with Crippen molar-refractivity contribution in [3.8, 4) is 0 Å². The van der Waals surface area contributed by atoms with Crippen molar-refractivity contribution in [1.29, 1.82) is 0 Å². The summed E-state index contributed by atoms with van der Waals surface area (Å²) in [6.07, 6.45) is 35.6. The summed E-state index contributed by atoms with van der Waals surface area (Å²) >= 11 is 0. The maximum atomic E-state index is 13.6. The number of Topliss-reactive ketones (excluding diaryl/α,β-unsaturated/α-hetero) is 1. The fourth-order valence-corrected chi connectivity index (χ4v) is 12.5. The van der Waals surface area contributed by atoms with Crippen molar-refractivity contribution in [2.24, 2.45) is 0 Å². The number of hydrogen-bond acceptors (Lipinski definition) is 14. The zero-order valence-electron chi connectivity index (χ0n) is 55.4. The number of aliphatic hydroxyl groups is 2. The number of allylic oxidation sites excluding steroid dienone is 2. The first kappa shape index (κ1) is 81.7. The molecule has 2 amide bonds. The molecule has 516 valence electrons. The van der Waals surface area contributed by atoms with Gasteiger partial charge in [0, 0.05) is 26.2 Å². The third-order valence-corrected chi connectivity index (χ3v) is 17.7. The minimum Gasteiger partial charge on any atom is -0.479 e. The summed E-state index contributed by atoms with van der Waals surface area (Å²) in [6.45, 7) is 8.10. The number of carboxylic acid groups (broad SMARTS) is 1. The van der Waals surface area contributed by atoms with Crippen molar-refractivity contribution in [2.75, 3.05) is 33.0 Å². The highest BCUT2D eigenvalue weighted by atomic mass is 31.2. The molecule has 11 atom stereocenters. The number of nitrogens with one attached hydrogen (secondary N) is 2. The van der Waals surface area contributed by atoms with Gasteiger partial charge in [0.15, 0.2) is 12.4 Å². The number of phosphoric ester groups is 1. The second-order valence-corrected chi connectivity index (χ2v) is 26.2. The maximum Gasteiger partial charge on any atom is 0.470 e. The Balaban J connectivity index is 2.27. The molecular formula is C68H127N2O17P. The smallest absolute Gasteiger partial charge is 0.470 e. The molecule has 0 unspecified atom stereocenters. The summed E-state index contributed by atoms with van der Waals surface area (Å²) in [5.41, 5.74) is 0. The van der Waals surface area contributed by atoms with Gasteiger partial charge in [0.2, 0.25) is 12.3 Å². The lowest BCUT2D eigenvalue weighted by atomic mass is 9.92. The number of ketones is 1. The van der Waals surface area contributed by atoms with Gasteiger partial charge in [0.1, 0.15) is 48.4 Å². The van der Waals surface area contributed by atoms with E-state index in [1.54, 1.807) is 0 Å². The van der Waals surface area contributed by atoms with Gasteiger partial charge >= 0.3 is 13.8 Å². The molecule has 0 aromatic rings. The number of rotatable bonds is 61. The van der Waals surface area contributed by atoms with Gasteiger partial charge in [-0.05, 0) is 57.8 Å². The molecule has 88 heavy (non-hydrogen) atoms.